The number of nitrogens with zero attached hydrogens (tertiary/aromatic N) is 1. The van der Waals surface area contributed by atoms with Crippen LogP contribution >= 0.6 is 0 Å². The highest BCUT2D eigenvalue weighted by Crippen LogP contribution is 2.01. The Morgan fingerprint density at radius 3 is 2.44 bits per heavy atom. The van der Waals surface area contributed by atoms with Gasteiger partial charge in [0.05, 0.1) is 5.84 Å². The van der Waals surface area contributed by atoms with Gasteiger partial charge in [0, 0.05) is 26.1 Å². The molecule has 0 aromatic rings. The van der Waals surface area contributed by atoms with Crippen molar-refractivity contribution in [1.82, 2.24) is 9.03 Å². The maximum atomic E-state index is 11.6. The number of nitrogens with one attached hydrogen (secondary N) is 2. The molecular weight excluding hydrogens is 228 g/mol. The molecule has 0 bridgehead atoms. The molecule has 0 fully saturated rings. The molecule has 96 valence electrons. The second-order valence-electron chi connectivity index (χ2n) is 3.99. The summed E-state index contributed by atoms with van der Waals surface area (Å²) in [5.41, 5.74) is 5.18. The molecule has 0 unspecified atom stereocenters. The number of hydrogen-bond acceptors (Lipinski definition) is 3. The first kappa shape index (κ1) is 15.3. The van der Waals surface area contributed by atoms with E-state index in [4.69, 9.17) is 11.1 Å². The summed E-state index contributed by atoms with van der Waals surface area (Å²) in [4.78, 5) is 0. The number of unbranched alkanes of at least 4 members (excludes halogenated alkanes) is 1. The fraction of sp³-hybridized carbons (Fsp3) is 0.889. The van der Waals surface area contributed by atoms with E-state index in [-0.39, 0.29) is 11.9 Å². The average molecular weight is 250 g/mol. The van der Waals surface area contributed by atoms with Gasteiger partial charge in [-0.25, -0.2) is 4.72 Å². The molecule has 0 amide bonds. The quantitative estimate of drug-likeness (QED) is 0.327. The maximum Gasteiger partial charge on any atom is 0.279 e. The third-order valence-electron chi connectivity index (χ3n) is 2.26. The van der Waals surface area contributed by atoms with Crippen LogP contribution in [0.15, 0.2) is 0 Å². The van der Waals surface area contributed by atoms with Crippen molar-refractivity contribution in [1.29, 1.82) is 5.41 Å². The van der Waals surface area contributed by atoms with Gasteiger partial charge < -0.3 is 5.73 Å². The molecule has 0 radical (unpaired) electrons. The van der Waals surface area contributed by atoms with Crippen LogP contribution in [-0.4, -0.2) is 38.2 Å². The van der Waals surface area contributed by atoms with E-state index in [9.17, 15) is 8.42 Å². The highest BCUT2D eigenvalue weighted by atomic mass is 32.2. The largest absolute Gasteiger partial charge is 0.388 e. The Balaban J connectivity index is 3.88. The normalized spacial score (nSPS) is 12.3. The van der Waals surface area contributed by atoms with Crippen molar-refractivity contribution in [3.05, 3.63) is 0 Å². The van der Waals surface area contributed by atoms with Crippen LogP contribution in [0.25, 0.3) is 0 Å². The van der Waals surface area contributed by atoms with E-state index in [0.717, 1.165) is 6.42 Å². The summed E-state index contributed by atoms with van der Waals surface area (Å²) in [5.74, 6) is 0.141. The minimum atomic E-state index is -3.36. The summed E-state index contributed by atoms with van der Waals surface area (Å²) in [5, 5.41) is 7.01. The molecule has 0 aliphatic rings. The third kappa shape index (κ3) is 6.04. The Hall–Kier alpha value is -0.660. The molecule has 0 atom stereocenters. The van der Waals surface area contributed by atoms with Crippen LogP contribution in [0.3, 0.4) is 0 Å². The van der Waals surface area contributed by atoms with Gasteiger partial charge in [-0.1, -0.05) is 0 Å². The molecule has 4 N–H and O–H groups in total. The van der Waals surface area contributed by atoms with Crippen LogP contribution in [0.4, 0.5) is 0 Å². The van der Waals surface area contributed by atoms with Gasteiger partial charge in [0.1, 0.15) is 0 Å². The van der Waals surface area contributed by atoms with Crippen molar-refractivity contribution < 1.29 is 8.42 Å². The van der Waals surface area contributed by atoms with Crippen LogP contribution in [0, 0.1) is 5.41 Å². The Labute approximate surface area is 97.9 Å². The van der Waals surface area contributed by atoms with E-state index < -0.39 is 10.2 Å². The predicted octanol–water partition coefficient (Wildman–Crippen LogP) is 0.267. The van der Waals surface area contributed by atoms with Gasteiger partial charge in [0.25, 0.3) is 10.2 Å². The van der Waals surface area contributed by atoms with E-state index in [2.05, 4.69) is 4.72 Å². The van der Waals surface area contributed by atoms with Gasteiger partial charge >= 0.3 is 0 Å². The summed E-state index contributed by atoms with van der Waals surface area (Å²) in [7, 11) is -1.82. The minimum Gasteiger partial charge on any atom is -0.388 e. The molecule has 16 heavy (non-hydrogen) atoms. The summed E-state index contributed by atoms with van der Waals surface area (Å²) >= 11 is 0. The van der Waals surface area contributed by atoms with Gasteiger partial charge in [0.15, 0.2) is 0 Å². The first-order chi connectivity index (χ1) is 7.27. The Morgan fingerprint density at radius 2 is 2.00 bits per heavy atom. The maximum absolute atomic E-state index is 11.6. The number of amidine groups is 1. The minimum absolute atomic E-state index is 0.0604. The van der Waals surface area contributed by atoms with Crippen LogP contribution in [-0.2, 0) is 10.2 Å². The molecular formula is C9H22N4O2S. The van der Waals surface area contributed by atoms with Crippen molar-refractivity contribution in [2.24, 2.45) is 5.73 Å². The SMILES string of the molecule is CC(C)N(C)S(=O)(=O)NCCCCC(=N)N. The van der Waals surface area contributed by atoms with E-state index in [1.54, 1.807) is 7.05 Å². The van der Waals surface area contributed by atoms with Crippen molar-refractivity contribution in [2.45, 2.75) is 39.2 Å². The van der Waals surface area contributed by atoms with Gasteiger partial charge in [-0.15, -0.1) is 0 Å². The van der Waals surface area contributed by atoms with E-state index >= 15 is 0 Å². The Bertz CT molecular complexity index is 313. The second kappa shape index (κ2) is 6.82. The lowest BCUT2D eigenvalue weighted by atomic mass is 10.2. The zero-order valence-corrected chi connectivity index (χ0v) is 11.0. The molecule has 0 aliphatic heterocycles. The summed E-state index contributed by atoms with van der Waals surface area (Å²) < 4.78 is 27.0. The van der Waals surface area contributed by atoms with Crippen LogP contribution < -0.4 is 10.5 Å². The van der Waals surface area contributed by atoms with Crippen molar-refractivity contribution in [2.75, 3.05) is 13.6 Å². The molecule has 0 aromatic heterocycles. The summed E-state index contributed by atoms with van der Waals surface area (Å²) in [6, 6.07) is -0.0604. The standard InChI is InChI=1S/C9H22N4O2S/c1-8(2)13(3)16(14,15)12-7-5-4-6-9(10)11/h8,12H,4-7H2,1-3H3,(H3,10,11). The molecule has 7 heteroatoms. The van der Waals surface area contributed by atoms with Crippen LogP contribution in [0.1, 0.15) is 33.1 Å². The fourth-order valence-corrected chi connectivity index (χ4v) is 2.18. The lowest BCUT2D eigenvalue weighted by molar-refractivity contribution is 0.402. The highest BCUT2D eigenvalue weighted by molar-refractivity contribution is 7.87. The molecule has 0 heterocycles. The zero-order chi connectivity index (χ0) is 12.8. The lowest BCUT2D eigenvalue weighted by Gasteiger charge is -2.21. The van der Waals surface area contributed by atoms with E-state index in [1.165, 1.54) is 4.31 Å². The average Bonchev–Trinajstić information content (AvgIpc) is 2.15. The van der Waals surface area contributed by atoms with E-state index in [1.807, 2.05) is 13.8 Å². The molecule has 0 spiro atoms. The van der Waals surface area contributed by atoms with Crippen LogP contribution in [0.2, 0.25) is 0 Å². The van der Waals surface area contributed by atoms with Gasteiger partial charge in [0.2, 0.25) is 0 Å². The molecule has 0 saturated carbocycles. The topological polar surface area (TPSA) is 99.3 Å². The molecule has 0 rings (SSSR count). The van der Waals surface area contributed by atoms with Crippen LogP contribution in [0.5, 0.6) is 0 Å². The summed E-state index contributed by atoms with van der Waals surface area (Å²) in [6.07, 6.45) is 1.93. The van der Waals surface area contributed by atoms with Crippen molar-refractivity contribution >= 4 is 16.0 Å². The molecule has 6 nitrogen and oxygen atoms in total. The van der Waals surface area contributed by atoms with Gasteiger partial charge in [-0.2, -0.15) is 12.7 Å². The monoisotopic (exact) mass is 250 g/mol. The van der Waals surface area contributed by atoms with Crippen molar-refractivity contribution in [3.63, 3.8) is 0 Å². The third-order valence-corrected chi connectivity index (χ3v) is 4.01. The number of nitrogens with two attached hydrogens (primary N) is 1. The fourth-order valence-electron chi connectivity index (χ4n) is 1.02. The lowest BCUT2D eigenvalue weighted by Crippen LogP contribution is -2.42. The zero-order valence-electron chi connectivity index (χ0n) is 10.2. The number of hydrogen-bond donors (Lipinski definition) is 3. The summed E-state index contributed by atoms with van der Waals surface area (Å²) in [6.45, 7) is 4.01. The first-order valence-electron chi connectivity index (χ1n) is 5.33. The molecule has 0 saturated heterocycles. The van der Waals surface area contributed by atoms with Crippen molar-refractivity contribution in [3.8, 4) is 0 Å². The van der Waals surface area contributed by atoms with Gasteiger partial charge in [-0.05, 0) is 26.7 Å². The van der Waals surface area contributed by atoms with Gasteiger partial charge in [-0.3, -0.25) is 5.41 Å². The second-order valence-corrected chi connectivity index (χ2v) is 5.81. The number of rotatable bonds is 8. The highest BCUT2D eigenvalue weighted by Gasteiger charge is 2.18. The Morgan fingerprint density at radius 1 is 1.44 bits per heavy atom. The Kier molecular flexibility index (Phi) is 6.54. The molecule has 0 aliphatic carbocycles. The first-order valence-corrected chi connectivity index (χ1v) is 6.77. The smallest absolute Gasteiger partial charge is 0.279 e. The van der Waals surface area contributed by atoms with E-state index in [0.29, 0.717) is 19.4 Å². The predicted molar refractivity (Wildman–Crippen MR) is 65.6 cm³/mol. The molecule has 0 aromatic carbocycles.